The van der Waals surface area contributed by atoms with Crippen LogP contribution in [0.25, 0.3) is 0 Å². The molecule has 5 rings (SSSR count). The Hall–Kier alpha value is -4.20. The van der Waals surface area contributed by atoms with Crippen molar-refractivity contribution in [2.45, 2.75) is 26.2 Å². The third kappa shape index (κ3) is 5.38. The minimum absolute atomic E-state index is 0.436. The van der Waals surface area contributed by atoms with Crippen LogP contribution in [0, 0.1) is 6.92 Å². The predicted molar refractivity (Wildman–Crippen MR) is 141 cm³/mol. The Bertz CT molecular complexity index is 1290. The molecule has 1 fully saturated rings. The van der Waals surface area contributed by atoms with Crippen LogP contribution < -0.4 is 15.5 Å². The van der Waals surface area contributed by atoms with Crippen LogP contribution in [0.15, 0.2) is 67.0 Å². The summed E-state index contributed by atoms with van der Waals surface area (Å²) >= 11 is 0. The van der Waals surface area contributed by atoms with E-state index in [0.29, 0.717) is 18.4 Å². The summed E-state index contributed by atoms with van der Waals surface area (Å²) in [6, 6.07) is 18.8. The number of piperazine rings is 1. The van der Waals surface area contributed by atoms with Gasteiger partial charge < -0.3 is 15.5 Å². The summed E-state index contributed by atoms with van der Waals surface area (Å²) in [4.78, 5) is 25.6. The Morgan fingerprint density at radius 2 is 1.53 bits per heavy atom. The van der Waals surface area contributed by atoms with E-state index in [9.17, 15) is 4.79 Å². The zero-order valence-electron chi connectivity index (χ0n) is 20.5. The number of aromatic amines is 1. The fourth-order valence-electron chi connectivity index (χ4n) is 4.69. The van der Waals surface area contributed by atoms with Crippen LogP contribution in [0.3, 0.4) is 0 Å². The van der Waals surface area contributed by atoms with Crippen LogP contribution in [-0.2, 0) is 19.3 Å². The molecule has 1 aliphatic heterocycles. The Morgan fingerprint density at radius 1 is 0.889 bits per heavy atom. The smallest absolute Gasteiger partial charge is 0.252 e. The lowest BCUT2D eigenvalue weighted by atomic mass is 10.0. The number of hydrogen-bond donors (Lipinski definition) is 2. The third-order valence-electron chi connectivity index (χ3n) is 6.73. The van der Waals surface area contributed by atoms with E-state index in [0.717, 1.165) is 55.5 Å². The highest BCUT2D eigenvalue weighted by Crippen LogP contribution is 2.22. The average Bonchev–Trinajstić information content (AvgIpc) is 3.32. The Labute approximate surface area is 211 Å². The fraction of sp³-hybridized carbons (Fsp3) is 0.286. The van der Waals surface area contributed by atoms with E-state index in [4.69, 9.17) is 5.73 Å². The molecule has 8 nitrogen and oxygen atoms in total. The molecule has 3 N–H and O–H groups in total. The topological polar surface area (TPSA) is 104 Å². The second-order valence-electron chi connectivity index (χ2n) is 9.24. The maximum absolute atomic E-state index is 12.3. The molecule has 1 saturated heterocycles. The number of nitrogens with zero attached hydrogens (tertiary/aromatic N) is 5. The van der Waals surface area contributed by atoms with Crippen LogP contribution in [0.4, 0.5) is 11.6 Å². The first-order valence-corrected chi connectivity index (χ1v) is 12.3. The molecule has 1 aliphatic rings. The van der Waals surface area contributed by atoms with Gasteiger partial charge in [0.15, 0.2) is 0 Å². The molecule has 2 aromatic heterocycles. The van der Waals surface area contributed by atoms with Gasteiger partial charge in [-0.1, -0.05) is 42.0 Å². The lowest BCUT2D eigenvalue weighted by Gasteiger charge is -2.36. The number of carbonyl (C=O) groups excluding carboxylic acids is 1. The monoisotopic (exact) mass is 481 g/mol. The van der Waals surface area contributed by atoms with Crippen LogP contribution in [0.5, 0.6) is 0 Å². The molecule has 2 aromatic carbocycles. The number of aryl methyl sites for hydroxylation is 3. The van der Waals surface area contributed by atoms with Gasteiger partial charge in [0.2, 0.25) is 5.95 Å². The molecule has 1 amide bonds. The first-order chi connectivity index (χ1) is 17.6. The normalized spacial score (nSPS) is 13.7. The lowest BCUT2D eigenvalue weighted by Crippen LogP contribution is -2.47. The van der Waals surface area contributed by atoms with Gasteiger partial charge in [0.05, 0.1) is 17.0 Å². The van der Waals surface area contributed by atoms with Crippen molar-refractivity contribution in [2.24, 2.45) is 5.73 Å². The van der Waals surface area contributed by atoms with Crippen molar-refractivity contribution in [3.63, 3.8) is 0 Å². The molecule has 0 radical (unpaired) electrons. The van der Waals surface area contributed by atoms with Gasteiger partial charge in [-0.3, -0.25) is 9.89 Å². The lowest BCUT2D eigenvalue weighted by molar-refractivity contribution is 0.0998. The molecule has 0 aliphatic carbocycles. The minimum Gasteiger partial charge on any atom is -0.368 e. The summed E-state index contributed by atoms with van der Waals surface area (Å²) in [7, 11) is 0. The van der Waals surface area contributed by atoms with Crippen LogP contribution in [-0.4, -0.2) is 52.3 Å². The van der Waals surface area contributed by atoms with Crippen LogP contribution in [0.1, 0.15) is 38.4 Å². The molecule has 0 unspecified atom stereocenters. The largest absolute Gasteiger partial charge is 0.368 e. The number of carbonyl (C=O) groups is 1. The van der Waals surface area contributed by atoms with Crippen molar-refractivity contribution in [3.8, 4) is 0 Å². The van der Waals surface area contributed by atoms with Gasteiger partial charge in [0.25, 0.3) is 5.91 Å². The first-order valence-electron chi connectivity index (χ1n) is 12.3. The average molecular weight is 482 g/mol. The summed E-state index contributed by atoms with van der Waals surface area (Å²) in [5, 5.41) is 7.51. The number of aromatic nitrogens is 4. The second kappa shape index (κ2) is 10.6. The molecule has 0 bridgehead atoms. The molecule has 4 aromatic rings. The van der Waals surface area contributed by atoms with E-state index in [1.807, 2.05) is 6.07 Å². The number of primary amides is 1. The van der Waals surface area contributed by atoms with Crippen molar-refractivity contribution in [1.29, 1.82) is 0 Å². The third-order valence-corrected chi connectivity index (χ3v) is 6.73. The van der Waals surface area contributed by atoms with Crippen molar-refractivity contribution < 1.29 is 4.79 Å². The van der Waals surface area contributed by atoms with E-state index in [1.165, 1.54) is 16.8 Å². The van der Waals surface area contributed by atoms with Gasteiger partial charge >= 0.3 is 0 Å². The van der Waals surface area contributed by atoms with Crippen LogP contribution in [0.2, 0.25) is 0 Å². The van der Waals surface area contributed by atoms with Crippen molar-refractivity contribution in [1.82, 2.24) is 20.2 Å². The highest BCUT2D eigenvalue weighted by Gasteiger charge is 2.20. The zero-order chi connectivity index (χ0) is 24.9. The Morgan fingerprint density at radius 3 is 2.19 bits per heavy atom. The summed E-state index contributed by atoms with van der Waals surface area (Å²) in [5.74, 6) is 0.352. The summed E-state index contributed by atoms with van der Waals surface area (Å²) in [6.45, 7) is 5.66. The van der Waals surface area contributed by atoms with E-state index in [1.54, 1.807) is 12.4 Å². The van der Waals surface area contributed by atoms with Crippen molar-refractivity contribution in [3.05, 3.63) is 101 Å². The molecule has 0 atom stereocenters. The Kier molecular flexibility index (Phi) is 6.93. The number of amides is 1. The number of hydrogen-bond acceptors (Lipinski definition) is 6. The van der Waals surface area contributed by atoms with E-state index in [-0.39, 0.29) is 0 Å². The molecule has 0 spiro atoms. The van der Waals surface area contributed by atoms with Gasteiger partial charge in [-0.05, 0) is 49.1 Å². The summed E-state index contributed by atoms with van der Waals surface area (Å²) in [6.07, 6.45) is 5.61. The van der Waals surface area contributed by atoms with Crippen molar-refractivity contribution in [2.75, 3.05) is 36.0 Å². The number of nitrogens with one attached hydrogen (secondary N) is 1. The first kappa shape index (κ1) is 23.5. The van der Waals surface area contributed by atoms with Gasteiger partial charge in [0.1, 0.15) is 0 Å². The quantitative estimate of drug-likeness (QED) is 0.400. The summed E-state index contributed by atoms with van der Waals surface area (Å²) in [5.41, 5.74) is 12.5. The van der Waals surface area contributed by atoms with E-state index in [2.05, 4.69) is 85.4 Å². The molecule has 3 heterocycles. The summed E-state index contributed by atoms with van der Waals surface area (Å²) < 4.78 is 0. The molecular weight excluding hydrogens is 450 g/mol. The molecule has 8 heteroatoms. The molecule has 0 saturated carbocycles. The highest BCUT2D eigenvalue weighted by atomic mass is 16.1. The van der Waals surface area contributed by atoms with E-state index >= 15 is 0 Å². The molecule has 36 heavy (non-hydrogen) atoms. The fourth-order valence-corrected chi connectivity index (χ4v) is 4.69. The zero-order valence-corrected chi connectivity index (χ0v) is 20.5. The molecular formula is C28H31N7O. The maximum Gasteiger partial charge on any atom is 0.252 e. The number of H-pyrrole nitrogens is 1. The second-order valence-corrected chi connectivity index (χ2v) is 9.24. The maximum atomic E-state index is 12.3. The standard InChI is InChI=1S/C28H31N7O/c1-20-3-5-21(6-4-20)9-12-24-26(27(29)36)25(33-32-24)19-22-7-10-23(11-8-22)34-15-17-35(18-16-34)28-30-13-2-14-31-28/h2-8,10-11,13-14H,9,12,15-19H2,1H3,(H2,29,36)(H,32,33). The SMILES string of the molecule is Cc1ccc(CCc2n[nH]c(Cc3ccc(N4CCN(c5ncccn5)CC4)cc3)c2C(N)=O)cc1. The molecule has 184 valence electrons. The van der Waals surface area contributed by atoms with Gasteiger partial charge in [-0.25, -0.2) is 9.97 Å². The van der Waals surface area contributed by atoms with Crippen molar-refractivity contribution >= 4 is 17.5 Å². The predicted octanol–water partition coefficient (Wildman–Crippen LogP) is 3.31. The highest BCUT2D eigenvalue weighted by molar-refractivity contribution is 5.95. The van der Waals surface area contributed by atoms with Gasteiger partial charge in [-0.2, -0.15) is 5.10 Å². The van der Waals surface area contributed by atoms with E-state index < -0.39 is 5.91 Å². The minimum atomic E-state index is -0.436. The van der Waals surface area contributed by atoms with Crippen LogP contribution >= 0.6 is 0 Å². The number of nitrogens with two attached hydrogens (primary N) is 1. The number of anilines is 2. The number of rotatable bonds is 8. The number of benzene rings is 2. The van der Waals surface area contributed by atoms with Gasteiger partial charge in [0, 0.05) is 50.7 Å². The van der Waals surface area contributed by atoms with Gasteiger partial charge in [-0.15, -0.1) is 0 Å². The Balaban J connectivity index is 1.21.